The van der Waals surface area contributed by atoms with E-state index in [2.05, 4.69) is 0 Å². The van der Waals surface area contributed by atoms with Crippen molar-refractivity contribution < 1.29 is 68.7 Å². The van der Waals surface area contributed by atoms with Crippen LogP contribution in [0.1, 0.15) is 11.1 Å². The third-order valence-corrected chi connectivity index (χ3v) is 1.76. The summed E-state index contributed by atoms with van der Waals surface area (Å²) in [5.41, 5.74) is 0.494. The van der Waals surface area contributed by atoms with Gasteiger partial charge in [0.2, 0.25) is 0 Å². The number of hydrogen-bond donors (Lipinski definition) is 0. The SMILES string of the molecule is Cc1ccc(F)cc1C[B-](F)(F)F.[K+]. The van der Waals surface area contributed by atoms with Crippen LogP contribution < -0.4 is 51.4 Å². The van der Waals surface area contributed by atoms with Crippen LogP contribution in [0.5, 0.6) is 0 Å². The Balaban J connectivity index is 0.00000169. The van der Waals surface area contributed by atoms with Gasteiger partial charge in [-0.3, -0.25) is 0 Å². The topological polar surface area (TPSA) is 0 Å². The molecule has 72 valence electrons. The van der Waals surface area contributed by atoms with Gasteiger partial charge in [-0.1, -0.05) is 23.5 Å². The molecule has 0 aliphatic rings. The molecule has 0 aliphatic carbocycles. The van der Waals surface area contributed by atoms with E-state index >= 15 is 0 Å². The van der Waals surface area contributed by atoms with E-state index in [0.717, 1.165) is 12.1 Å². The number of halogens is 4. The van der Waals surface area contributed by atoms with Crippen molar-refractivity contribution in [1.29, 1.82) is 0 Å². The minimum atomic E-state index is -4.88. The maximum Gasteiger partial charge on any atom is 1.00 e. The van der Waals surface area contributed by atoms with Crippen LogP contribution in [0.25, 0.3) is 0 Å². The minimum Gasteiger partial charge on any atom is -0.449 e. The maximum atomic E-state index is 12.6. The molecule has 0 amide bonds. The zero-order chi connectivity index (χ0) is 10.1. The summed E-state index contributed by atoms with van der Waals surface area (Å²) in [5, 5.41) is 0. The van der Waals surface area contributed by atoms with Gasteiger partial charge in [-0.2, -0.15) is 0 Å². The molecule has 6 heteroatoms. The van der Waals surface area contributed by atoms with Gasteiger partial charge in [0, 0.05) is 0 Å². The summed E-state index contributed by atoms with van der Waals surface area (Å²) in [6.45, 7) is -3.34. The first-order chi connectivity index (χ1) is 5.88. The fraction of sp³-hybridized carbons (Fsp3) is 0.250. The van der Waals surface area contributed by atoms with Gasteiger partial charge in [0.05, 0.1) is 0 Å². The largest absolute Gasteiger partial charge is 1.00 e. The first-order valence-corrected chi connectivity index (χ1v) is 3.84. The Labute approximate surface area is 123 Å². The van der Waals surface area contributed by atoms with Gasteiger partial charge in [0.15, 0.2) is 0 Å². The molecule has 0 aromatic heterocycles. The second-order valence-corrected chi connectivity index (χ2v) is 2.99. The van der Waals surface area contributed by atoms with Crippen LogP contribution in [0.15, 0.2) is 18.2 Å². The summed E-state index contributed by atoms with van der Waals surface area (Å²) in [4.78, 5) is 0. The minimum absolute atomic E-state index is 0. The standard InChI is InChI=1S/C8H8BF4.K/c1-6-2-3-8(10)4-7(6)5-9(11,12)13;/h2-4H,5H2,1H3;/q-1;+1. The van der Waals surface area contributed by atoms with E-state index in [-0.39, 0.29) is 56.9 Å². The average molecular weight is 230 g/mol. The van der Waals surface area contributed by atoms with Crippen molar-refractivity contribution in [1.82, 2.24) is 0 Å². The number of rotatable bonds is 2. The molecule has 0 radical (unpaired) electrons. The van der Waals surface area contributed by atoms with Crippen molar-refractivity contribution in [2.45, 2.75) is 13.2 Å². The predicted octanol–water partition coefficient (Wildman–Crippen LogP) is 0.0672. The summed E-state index contributed by atoms with van der Waals surface area (Å²) in [5.74, 6) is -0.624. The molecule has 0 spiro atoms. The van der Waals surface area contributed by atoms with Gasteiger partial charge in [0.25, 0.3) is 0 Å². The van der Waals surface area contributed by atoms with Crippen molar-refractivity contribution in [3.05, 3.63) is 35.1 Å². The quantitative estimate of drug-likeness (QED) is 0.498. The van der Waals surface area contributed by atoms with Crippen LogP contribution in [0, 0.1) is 12.7 Å². The Bertz CT molecular complexity index is 311. The van der Waals surface area contributed by atoms with Gasteiger partial charge < -0.3 is 12.9 Å². The van der Waals surface area contributed by atoms with Gasteiger partial charge in [-0.15, -0.1) is 0 Å². The molecule has 0 bridgehead atoms. The van der Waals surface area contributed by atoms with E-state index in [9.17, 15) is 17.3 Å². The zero-order valence-corrected chi connectivity index (χ0v) is 11.2. The summed E-state index contributed by atoms with van der Waals surface area (Å²) in [6.07, 6.45) is -1.01. The second kappa shape index (κ2) is 5.65. The van der Waals surface area contributed by atoms with E-state index in [1.807, 2.05) is 0 Å². The van der Waals surface area contributed by atoms with Crippen molar-refractivity contribution >= 4 is 6.98 Å². The maximum absolute atomic E-state index is 12.6. The van der Waals surface area contributed by atoms with E-state index in [1.165, 1.54) is 13.0 Å². The monoisotopic (exact) mass is 230 g/mol. The van der Waals surface area contributed by atoms with Crippen molar-refractivity contribution in [3.8, 4) is 0 Å². The molecule has 1 rings (SSSR count). The van der Waals surface area contributed by atoms with Crippen LogP contribution >= 0.6 is 0 Å². The first-order valence-electron chi connectivity index (χ1n) is 3.84. The number of aryl methyl sites for hydroxylation is 1. The summed E-state index contributed by atoms with van der Waals surface area (Å²) in [7, 11) is 0. The fourth-order valence-corrected chi connectivity index (χ4v) is 1.11. The predicted molar refractivity (Wildman–Crippen MR) is 43.9 cm³/mol. The van der Waals surface area contributed by atoms with Crippen LogP contribution in [0.3, 0.4) is 0 Å². The fourth-order valence-electron chi connectivity index (χ4n) is 1.11. The van der Waals surface area contributed by atoms with Crippen LogP contribution in [0.2, 0.25) is 0 Å². The number of benzene rings is 1. The molecule has 0 N–H and O–H groups in total. The van der Waals surface area contributed by atoms with Crippen molar-refractivity contribution in [3.63, 3.8) is 0 Å². The molecule has 1 aromatic rings. The Kier molecular flexibility index (Phi) is 5.91. The molecular weight excluding hydrogens is 222 g/mol. The van der Waals surface area contributed by atoms with E-state index in [1.54, 1.807) is 0 Å². The van der Waals surface area contributed by atoms with Crippen molar-refractivity contribution in [2.75, 3.05) is 0 Å². The number of hydrogen-bond acceptors (Lipinski definition) is 0. The molecule has 0 unspecified atom stereocenters. The summed E-state index contributed by atoms with van der Waals surface area (Å²) in [6, 6.07) is 3.44. The van der Waals surface area contributed by atoms with Gasteiger partial charge in [-0.05, 0) is 19.1 Å². The molecule has 0 saturated carbocycles. The zero-order valence-electron chi connectivity index (χ0n) is 8.03. The van der Waals surface area contributed by atoms with E-state index in [0.29, 0.717) is 5.56 Å². The summed E-state index contributed by atoms with van der Waals surface area (Å²) >= 11 is 0. The van der Waals surface area contributed by atoms with Crippen molar-refractivity contribution in [2.24, 2.45) is 0 Å². The molecule has 0 aliphatic heterocycles. The smallest absolute Gasteiger partial charge is 0.449 e. The Morgan fingerprint density at radius 1 is 1.21 bits per heavy atom. The van der Waals surface area contributed by atoms with Crippen LogP contribution in [-0.2, 0) is 6.32 Å². The molecule has 0 heterocycles. The molecule has 0 saturated heterocycles. The molecule has 0 atom stereocenters. The normalized spacial score (nSPS) is 10.9. The van der Waals surface area contributed by atoms with Gasteiger partial charge in [0.1, 0.15) is 5.82 Å². The van der Waals surface area contributed by atoms with E-state index < -0.39 is 19.1 Å². The summed E-state index contributed by atoms with van der Waals surface area (Å²) < 4.78 is 48.5. The Hall–Kier alpha value is 0.641. The van der Waals surface area contributed by atoms with Crippen LogP contribution in [0.4, 0.5) is 17.3 Å². The average Bonchev–Trinajstić information content (AvgIpc) is 1.94. The second-order valence-electron chi connectivity index (χ2n) is 2.99. The van der Waals surface area contributed by atoms with Crippen LogP contribution in [-0.4, -0.2) is 6.98 Å². The third kappa shape index (κ3) is 4.93. The van der Waals surface area contributed by atoms with E-state index in [4.69, 9.17) is 0 Å². The van der Waals surface area contributed by atoms with Gasteiger partial charge in [-0.25, -0.2) is 4.39 Å². The molecule has 1 aromatic carbocycles. The Morgan fingerprint density at radius 2 is 1.79 bits per heavy atom. The third-order valence-electron chi connectivity index (χ3n) is 1.76. The first kappa shape index (κ1) is 14.6. The molecular formula is C8H8BF4K. The molecule has 0 fully saturated rings. The molecule has 14 heavy (non-hydrogen) atoms. The Morgan fingerprint density at radius 3 is 2.29 bits per heavy atom. The molecule has 0 nitrogen and oxygen atoms in total. The van der Waals surface area contributed by atoms with Gasteiger partial charge >= 0.3 is 58.4 Å².